The SMILES string of the molecule is C[Si](C)(C)C#CC[C@H](O)C=O. The maximum Gasteiger partial charge on any atom is 0.149 e. The van der Waals surface area contributed by atoms with E-state index in [0.29, 0.717) is 6.29 Å². The van der Waals surface area contributed by atoms with Gasteiger partial charge in [-0.2, -0.15) is 0 Å². The molecule has 1 atom stereocenters. The minimum Gasteiger partial charge on any atom is -0.385 e. The van der Waals surface area contributed by atoms with Gasteiger partial charge in [0.05, 0.1) is 0 Å². The number of hydrogen-bond acceptors (Lipinski definition) is 2. The van der Waals surface area contributed by atoms with Crippen molar-refractivity contribution >= 4 is 14.4 Å². The smallest absolute Gasteiger partial charge is 0.149 e. The molecular weight excluding hydrogens is 156 g/mol. The summed E-state index contributed by atoms with van der Waals surface area (Å²) in [4.78, 5) is 9.95. The molecule has 0 aliphatic heterocycles. The van der Waals surface area contributed by atoms with Gasteiger partial charge in [-0.25, -0.2) is 0 Å². The average molecular weight is 170 g/mol. The number of aliphatic hydroxyl groups is 1. The Morgan fingerprint density at radius 3 is 2.45 bits per heavy atom. The number of hydrogen-bond donors (Lipinski definition) is 1. The van der Waals surface area contributed by atoms with Gasteiger partial charge in [-0.05, 0) is 0 Å². The van der Waals surface area contributed by atoms with Gasteiger partial charge in [0.1, 0.15) is 20.5 Å². The van der Waals surface area contributed by atoms with Gasteiger partial charge >= 0.3 is 0 Å². The zero-order chi connectivity index (χ0) is 8.91. The first-order chi connectivity index (χ1) is 4.95. The van der Waals surface area contributed by atoms with Crippen LogP contribution in [-0.4, -0.2) is 25.6 Å². The Kier molecular flexibility index (Phi) is 4.09. The lowest BCUT2D eigenvalue weighted by atomic mass is 10.3. The molecule has 0 rings (SSSR count). The topological polar surface area (TPSA) is 37.3 Å². The lowest BCUT2D eigenvalue weighted by molar-refractivity contribution is -0.114. The minimum absolute atomic E-state index is 0.272. The molecule has 0 aliphatic carbocycles. The Morgan fingerprint density at radius 1 is 1.55 bits per heavy atom. The molecule has 0 fully saturated rings. The number of aliphatic hydroxyl groups excluding tert-OH is 1. The van der Waals surface area contributed by atoms with Crippen molar-refractivity contribution in [2.75, 3.05) is 0 Å². The predicted molar refractivity (Wildman–Crippen MR) is 47.8 cm³/mol. The molecule has 0 radical (unpaired) electrons. The molecule has 0 amide bonds. The molecule has 0 saturated heterocycles. The second kappa shape index (κ2) is 4.32. The minimum atomic E-state index is -1.32. The highest BCUT2D eigenvalue weighted by molar-refractivity contribution is 6.83. The number of carbonyl (C=O) groups excluding carboxylic acids is 1. The zero-order valence-electron chi connectivity index (χ0n) is 7.22. The first-order valence-corrected chi connectivity index (χ1v) is 7.09. The summed E-state index contributed by atoms with van der Waals surface area (Å²) in [5.41, 5.74) is 3.06. The van der Waals surface area contributed by atoms with Crippen LogP contribution >= 0.6 is 0 Å². The van der Waals surface area contributed by atoms with E-state index in [-0.39, 0.29) is 6.42 Å². The van der Waals surface area contributed by atoms with Gasteiger partial charge in [0.2, 0.25) is 0 Å². The molecule has 0 saturated carbocycles. The molecule has 2 nitrogen and oxygen atoms in total. The molecule has 0 heterocycles. The van der Waals surface area contributed by atoms with Crippen LogP contribution in [0.2, 0.25) is 19.6 Å². The van der Waals surface area contributed by atoms with Gasteiger partial charge in [-0.1, -0.05) is 19.6 Å². The fraction of sp³-hybridized carbons (Fsp3) is 0.625. The Balaban J connectivity index is 3.82. The second-order valence-corrected chi connectivity index (χ2v) is 8.21. The van der Waals surface area contributed by atoms with Gasteiger partial charge in [0.25, 0.3) is 0 Å². The summed E-state index contributed by atoms with van der Waals surface area (Å²) in [5.74, 6) is 2.81. The number of carbonyl (C=O) groups is 1. The van der Waals surface area contributed by atoms with Crippen LogP contribution in [0.3, 0.4) is 0 Å². The quantitative estimate of drug-likeness (QED) is 0.378. The van der Waals surface area contributed by atoms with Crippen LogP contribution in [0.4, 0.5) is 0 Å². The van der Waals surface area contributed by atoms with Crippen LogP contribution in [0, 0.1) is 11.5 Å². The van der Waals surface area contributed by atoms with Crippen LogP contribution in [0.15, 0.2) is 0 Å². The Hall–Kier alpha value is -0.593. The van der Waals surface area contributed by atoms with Gasteiger partial charge in [0.15, 0.2) is 0 Å². The second-order valence-electron chi connectivity index (χ2n) is 3.46. The van der Waals surface area contributed by atoms with E-state index < -0.39 is 14.2 Å². The third kappa shape index (κ3) is 7.30. The van der Waals surface area contributed by atoms with E-state index in [1.54, 1.807) is 0 Å². The van der Waals surface area contributed by atoms with Crippen molar-refractivity contribution in [1.82, 2.24) is 0 Å². The summed E-state index contributed by atoms with van der Waals surface area (Å²) >= 11 is 0. The van der Waals surface area contributed by atoms with Crippen molar-refractivity contribution in [3.63, 3.8) is 0 Å². The van der Waals surface area contributed by atoms with Crippen LogP contribution < -0.4 is 0 Å². The summed E-state index contributed by atoms with van der Waals surface area (Å²) in [5, 5.41) is 8.80. The number of rotatable bonds is 2. The summed E-state index contributed by atoms with van der Waals surface area (Å²) in [6.07, 6.45) is -0.119. The molecule has 0 aromatic rings. The van der Waals surface area contributed by atoms with Gasteiger partial charge in [0, 0.05) is 6.42 Å². The van der Waals surface area contributed by atoms with Crippen LogP contribution in [0.1, 0.15) is 6.42 Å². The lowest BCUT2D eigenvalue weighted by Gasteiger charge is -2.03. The van der Waals surface area contributed by atoms with Crippen LogP contribution in [-0.2, 0) is 4.79 Å². The van der Waals surface area contributed by atoms with E-state index in [1.165, 1.54) is 0 Å². The average Bonchev–Trinajstić information content (AvgIpc) is 1.85. The highest BCUT2D eigenvalue weighted by Crippen LogP contribution is 1.96. The van der Waals surface area contributed by atoms with Crippen LogP contribution in [0.25, 0.3) is 0 Å². The van der Waals surface area contributed by atoms with Gasteiger partial charge in [-0.15, -0.1) is 11.5 Å². The van der Waals surface area contributed by atoms with E-state index in [0.717, 1.165) is 0 Å². The lowest BCUT2D eigenvalue weighted by Crippen LogP contribution is -2.17. The molecule has 0 unspecified atom stereocenters. The van der Waals surface area contributed by atoms with E-state index in [2.05, 4.69) is 31.1 Å². The normalized spacial score (nSPS) is 13.1. The van der Waals surface area contributed by atoms with E-state index in [1.807, 2.05) is 0 Å². The highest BCUT2D eigenvalue weighted by Gasteiger charge is 2.07. The zero-order valence-corrected chi connectivity index (χ0v) is 8.22. The molecule has 1 N–H and O–H groups in total. The van der Waals surface area contributed by atoms with Crippen LogP contribution in [0.5, 0.6) is 0 Å². The van der Waals surface area contributed by atoms with E-state index in [4.69, 9.17) is 5.11 Å². The van der Waals surface area contributed by atoms with Crippen molar-refractivity contribution in [3.05, 3.63) is 0 Å². The first-order valence-electron chi connectivity index (χ1n) is 3.59. The molecule has 0 aliphatic rings. The number of aldehydes is 1. The molecular formula is C8H14O2Si. The largest absolute Gasteiger partial charge is 0.385 e. The summed E-state index contributed by atoms with van der Waals surface area (Å²) in [6, 6.07) is 0. The third-order valence-electron chi connectivity index (χ3n) is 0.932. The van der Waals surface area contributed by atoms with Gasteiger partial charge < -0.3 is 9.90 Å². The summed E-state index contributed by atoms with van der Waals surface area (Å²) in [6.45, 7) is 6.36. The fourth-order valence-electron chi connectivity index (χ4n) is 0.469. The highest BCUT2D eigenvalue weighted by atomic mass is 28.3. The van der Waals surface area contributed by atoms with Crippen molar-refractivity contribution < 1.29 is 9.90 Å². The Labute approximate surface area is 68.6 Å². The van der Waals surface area contributed by atoms with Crippen molar-refractivity contribution in [2.24, 2.45) is 0 Å². The molecule has 3 heteroatoms. The van der Waals surface area contributed by atoms with Crippen molar-refractivity contribution in [1.29, 1.82) is 0 Å². The standard InChI is InChI=1S/C8H14O2Si/c1-11(2,3)6-4-5-8(10)7-9/h7-8,10H,5H2,1-3H3/t8-/m0/s1. The predicted octanol–water partition coefficient (Wildman–Crippen LogP) is 0.817. The third-order valence-corrected chi connectivity index (χ3v) is 1.86. The molecule has 0 bridgehead atoms. The molecule has 0 spiro atoms. The Morgan fingerprint density at radius 2 is 2.09 bits per heavy atom. The summed E-state index contributed by atoms with van der Waals surface area (Å²) < 4.78 is 0. The molecule has 11 heavy (non-hydrogen) atoms. The fourth-order valence-corrected chi connectivity index (χ4v) is 1.10. The molecule has 62 valence electrons. The first kappa shape index (κ1) is 10.4. The summed E-state index contributed by atoms with van der Waals surface area (Å²) in [7, 11) is -1.32. The van der Waals surface area contributed by atoms with Crippen molar-refractivity contribution in [2.45, 2.75) is 32.2 Å². The Bertz CT molecular complexity index is 182. The monoisotopic (exact) mass is 170 g/mol. The maximum atomic E-state index is 9.95. The van der Waals surface area contributed by atoms with E-state index >= 15 is 0 Å². The molecule has 0 aromatic heterocycles. The maximum absolute atomic E-state index is 9.95. The van der Waals surface area contributed by atoms with E-state index in [9.17, 15) is 4.79 Å². The molecule has 0 aromatic carbocycles. The van der Waals surface area contributed by atoms with Crippen molar-refractivity contribution in [3.8, 4) is 11.5 Å². The van der Waals surface area contributed by atoms with Gasteiger partial charge in [-0.3, -0.25) is 0 Å².